The smallest absolute Gasteiger partial charge is 0.122 e. The van der Waals surface area contributed by atoms with Gasteiger partial charge in [-0.25, -0.2) is 0 Å². The zero-order valence-electron chi connectivity index (χ0n) is 18.4. The quantitative estimate of drug-likeness (QED) is 0.598. The van der Waals surface area contributed by atoms with Crippen molar-refractivity contribution >= 4 is 0 Å². The van der Waals surface area contributed by atoms with Gasteiger partial charge in [0.05, 0.1) is 0 Å². The molecule has 3 rings (SSSR count). The number of phenols is 2. The van der Waals surface area contributed by atoms with E-state index in [1.807, 2.05) is 19.1 Å². The molecule has 0 amide bonds. The minimum atomic E-state index is -0.101. The molecule has 0 heterocycles. The number of benzene rings is 2. The molecule has 2 heteroatoms. The highest BCUT2D eigenvalue weighted by Crippen LogP contribution is 2.54. The van der Waals surface area contributed by atoms with Crippen molar-refractivity contribution in [2.75, 3.05) is 0 Å². The summed E-state index contributed by atoms with van der Waals surface area (Å²) in [6.45, 7) is 12.9. The zero-order valence-corrected chi connectivity index (χ0v) is 18.4. The maximum atomic E-state index is 11.1. The van der Waals surface area contributed by atoms with Gasteiger partial charge in [0.1, 0.15) is 11.5 Å². The highest BCUT2D eigenvalue weighted by molar-refractivity contribution is 5.54. The number of phenolic OH excluding ortho intramolecular Hbond substituents is 2. The fourth-order valence-electron chi connectivity index (χ4n) is 5.43. The van der Waals surface area contributed by atoms with Crippen LogP contribution in [0, 0.1) is 13.8 Å². The van der Waals surface area contributed by atoms with E-state index in [0.717, 1.165) is 41.5 Å². The van der Waals surface area contributed by atoms with Gasteiger partial charge in [0.15, 0.2) is 0 Å². The minimum Gasteiger partial charge on any atom is -0.508 e. The summed E-state index contributed by atoms with van der Waals surface area (Å²) in [5.74, 6) is 1.40. The standard InChI is InChI=1S/C26H36O2/c1-7-19-12-11-18(5)25(28)24(19)20-10-8-9-13-26(20,6)21-14-17(4)15-22(27)23(21)16(2)3/h11-12,14-16,20,27-28H,7-10,13H2,1-6H3. The molecule has 0 aliphatic heterocycles. The van der Waals surface area contributed by atoms with Gasteiger partial charge in [0.2, 0.25) is 0 Å². The number of hydrogen-bond donors (Lipinski definition) is 2. The molecule has 0 saturated heterocycles. The third kappa shape index (κ3) is 3.43. The van der Waals surface area contributed by atoms with Crippen LogP contribution in [0.5, 0.6) is 11.5 Å². The molecule has 2 aromatic carbocycles. The molecule has 0 radical (unpaired) electrons. The molecule has 0 aromatic heterocycles. The number of aryl methyl sites for hydroxylation is 3. The van der Waals surface area contributed by atoms with Crippen LogP contribution in [0.4, 0.5) is 0 Å². The first-order chi connectivity index (χ1) is 13.2. The molecule has 2 unspecified atom stereocenters. The van der Waals surface area contributed by atoms with Gasteiger partial charge in [-0.2, -0.15) is 0 Å². The third-order valence-corrected chi connectivity index (χ3v) is 6.94. The Kier molecular flexibility index (Phi) is 5.79. The Morgan fingerprint density at radius 3 is 2.46 bits per heavy atom. The van der Waals surface area contributed by atoms with Crippen molar-refractivity contribution in [2.45, 2.75) is 90.9 Å². The molecule has 1 fully saturated rings. The van der Waals surface area contributed by atoms with Crippen molar-refractivity contribution < 1.29 is 10.2 Å². The molecule has 2 aromatic rings. The molecule has 1 aliphatic carbocycles. The van der Waals surface area contributed by atoms with Crippen LogP contribution in [-0.4, -0.2) is 10.2 Å². The van der Waals surface area contributed by atoms with Gasteiger partial charge in [-0.1, -0.05) is 58.7 Å². The van der Waals surface area contributed by atoms with Gasteiger partial charge < -0.3 is 10.2 Å². The Hall–Kier alpha value is -1.96. The second kappa shape index (κ2) is 7.81. The first-order valence-electron chi connectivity index (χ1n) is 10.9. The van der Waals surface area contributed by atoms with Crippen molar-refractivity contribution in [3.63, 3.8) is 0 Å². The summed E-state index contributed by atoms with van der Waals surface area (Å²) in [6.07, 6.45) is 5.45. The lowest BCUT2D eigenvalue weighted by molar-refractivity contribution is 0.260. The predicted octanol–water partition coefficient (Wildman–Crippen LogP) is 7.02. The summed E-state index contributed by atoms with van der Waals surface area (Å²) in [7, 11) is 0. The number of aromatic hydroxyl groups is 2. The summed E-state index contributed by atoms with van der Waals surface area (Å²) in [4.78, 5) is 0. The van der Waals surface area contributed by atoms with Crippen molar-refractivity contribution in [3.8, 4) is 11.5 Å². The van der Waals surface area contributed by atoms with E-state index in [1.165, 1.54) is 24.0 Å². The zero-order chi connectivity index (χ0) is 20.6. The first kappa shape index (κ1) is 20.8. The molecule has 2 atom stereocenters. The molecule has 2 N–H and O–H groups in total. The van der Waals surface area contributed by atoms with Gasteiger partial charge in [-0.15, -0.1) is 0 Å². The largest absolute Gasteiger partial charge is 0.508 e. The SMILES string of the molecule is CCc1ccc(C)c(O)c1C1CCCCC1(C)c1cc(C)cc(O)c1C(C)C. The molecule has 2 nitrogen and oxygen atoms in total. The van der Waals surface area contributed by atoms with E-state index < -0.39 is 0 Å². The Balaban J connectivity index is 2.28. The first-order valence-corrected chi connectivity index (χ1v) is 10.9. The Morgan fingerprint density at radius 2 is 1.82 bits per heavy atom. The van der Waals surface area contributed by atoms with Crippen LogP contribution >= 0.6 is 0 Å². The van der Waals surface area contributed by atoms with Crippen LogP contribution in [0.1, 0.15) is 98.6 Å². The molecule has 1 aliphatic rings. The van der Waals surface area contributed by atoms with Crippen LogP contribution < -0.4 is 0 Å². The molecule has 152 valence electrons. The lowest BCUT2D eigenvalue weighted by Gasteiger charge is -2.45. The van der Waals surface area contributed by atoms with Crippen LogP contribution in [0.3, 0.4) is 0 Å². The maximum Gasteiger partial charge on any atom is 0.122 e. The van der Waals surface area contributed by atoms with E-state index in [4.69, 9.17) is 0 Å². The van der Waals surface area contributed by atoms with Gasteiger partial charge in [-0.05, 0) is 78.7 Å². The van der Waals surface area contributed by atoms with E-state index in [1.54, 1.807) is 0 Å². The van der Waals surface area contributed by atoms with Crippen LogP contribution in [-0.2, 0) is 11.8 Å². The van der Waals surface area contributed by atoms with Gasteiger partial charge in [0, 0.05) is 11.1 Å². The number of rotatable bonds is 4. The minimum absolute atomic E-state index is 0.101. The summed E-state index contributed by atoms with van der Waals surface area (Å²) in [5, 5.41) is 21.9. The van der Waals surface area contributed by atoms with E-state index >= 15 is 0 Å². The van der Waals surface area contributed by atoms with Crippen molar-refractivity contribution in [3.05, 3.63) is 57.6 Å². The van der Waals surface area contributed by atoms with Gasteiger partial charge in [-0.3, -0.25) is 0 Å². The fraction of sp³-hybridized carbons (Fsp3) is 0.538. The highest BCUT2D eigenvalue weighted by Gasteiger charge is 2.43. The normalized spacial score (nSPS) is 22.6. The average molecular weight is 381 g/mol. The van der Waals surface area contributed by atoms with Crippen molar-refractivity contribution in [2.24, 2.45) is 0 Å². The second-order valence-electron chi connectivity index (χ2n) is 9.27. The molecular formula is C26H36O2. The third-order valence-electron chi connectivity index (χ3n) is 6.94. The van der Waals surface area contributed by atoms with E-state index in [-0.39, 0.29) is 17.3 Å². The monoisotopic (exact) mass is 380 g/mol. The molecule has 28 heavy (non-hydrogen) atoms. The van der Waals surface area contributed by atoms with E-state index in [2.05, 4.69) is 46.8 Å². The maximum absolute atomic E-state index is 11.1. The summed E-state index contributed by atoms with van der Waals surface area (Å²) in [5.41, 5.74) is 6.70. The Bertz CT molecular complexity index is 865. The molecule has 0 bridgehead atoms. The lowest BCUT2D eigenvalue weighted by atomic mass is 9.59. The van der Waals surface area contributed by atoms with Gasteiger partial charge >= 0.3 is 0 Å². The van der Waals surface area contributed by atoms with Crippen molar-refractivity contribution in [1.82, 2.24) is 0 Å². The second-order valence-corrected chi connectivity index (χ2v) is 9.27. The lowest BCUT2D eigenvalue weighted by Crippen LogP contribution is -2.35. The van der Waals surface area contributed by atoms with E-state index in [9.17, 15) is 10.2 Å². The molecule has 1 saturated carbocycles. The average Bonchev–Trinajstić information content (AvgIpc) is 2.63. The van der Waals surface area contributed by atoms with Crippen LogP contribution in [0.15, 0.2) is 24.3 Å². The summed E-state index contributed by atoms with van der Waals surface area (Å²) < 4.78 is 0. The topological polar surface area (TPSA) is 40.5 Å². The molecule has 0 spiro atoms. The number of hydrogen-bond acceptors (Lipinski definition) is 2. The van der Waals surface area contributed by atoms with Crippen molar-refractivity contribution in [1.29, 1.82) is 0 Å². The van der Waals surface area contributed by atoms with Crippen LogP contribution in [0.2, 0.25) is 0 Å². The Morgan fingerprint density at radius 1 is 1.11 bits per heavy atom. The summed E-state index contributed by atoms with van der Waals surface area (Å²) in [6, 6.07) is 8.40. The molecular weight excluding hydrogens is 344 g/mol. The summed E-state index contributed by atoms with van der Waals surface area (Å²) >= 11 is 0. The Labute approximate surface area is 170 Å². The van der Waals surface area contributed by atoms with Crippen LogP contribution in [0.25, 0.3) is 0 Å². The van der Waals surface area contributed by atoms with Gasteiger partial charge in [0.25, 0.3) is 0 Å². The predicted molar refractivity (Wildman–Crippen MR) is 118 cm³/mol. The van der Waals surface area contributed by atoms with E-state index in [0.29, 0.717) is 11.5 Å². The fourth-order valence-corrected chi connectivity index (χ4v) is 5.43. The highest BCUT2D eigenvalue weighted by atomic mass is 16.3.